The molecule has 2 aromatic rings. The topological polar surface area (TPSA) is 60.2 Å². The standard InChI is InChI=1S/C14H19N3O/c1-10(2)17-14(15)9-18-13-7-8-16-12-6-4-3-5-11(12)13/h3-8,10,14,17H,9,15H2,1-2H3. The van der Waals surface area contributed by atoms with Gasteiger partial charge in [0, 0.05) is 17.6 Å². The Hall–Kier alpha value is -1.65. The summed E-state index contributed by atoms with van der Waals surface area (Å²) in [6.07, 6.45) is 1.58. The predicted molar refractivity (Wildman–Crippen MR) is 73.5 cm³/mol. The van der Waals surface area contributed by atoms with Crippen LogP contribution in [-0.2, 0) is 0 Å². The minimum absolute atomic E-state index is 0.170. The fourth-order valence-electron chi connectivity index (χ4n) is 1.85. The molecule has 0 aliphatic carbocycles. The van der Waals surface area contributed by atoms with Crippen LogP contribution in [0.15, 0.2) is 36.5 Å². The molecule has 0 fully saturated rings. The number of ether oxygens (including phenoxy) is 1. The third-order valence-electron chi connectivity index (χ3n) is 2.57. The zero-order valence-electron chi connectivity index (χ0n) is 10.8. The molecule has 0 bridgehead atoms. The molecule has 18 heavy (non-hydrogen) atoms. The van der Waals surface area contributed by atoms with Gasteiger partial charge in [-0.2, -0.15) is 0 Å². The molecule has 2 rings (SSSR count). The highest BCUT2D eigenvalue weighted by molar-refractivity contribution is 5.84. The van der Waals surface area contributed by atoms with Crippen molar-refractivity contribution in [2.45, 2.75) is 26.1 Å². The van der Waals surface area contributed by atoms with Gasteiger partial charge >= 0.3 is 0 Å². The maximum absolute atomic E-state index is 5.91. The molecule has 1 atom stereocenters. The van der Waals surface area contributed by atoms with E-state index in [1.807, 2.05) is 30.3 Å². The van der Waals surface area contributed by atoms with Gasteiger partial charge in [0.1, 0.15) is 12.4 Å². The summed E-state index contributed by atoms with van der Waals surface area (Å²) in [6.45, 7) is 4.55. The Morgan fingerprint density at radius 2 is 2.06 bits per heavy atom. The molecule has 1 aromatic carbocycles. The second-order valence-corrected chi connectivity index (χ2v) is 4.57. The molecule has 0 aliphatic heterocycles. The van der Waals surface area contributed by atoms with E-state index in [-0.39, 0.29) is 6.17 Å². The Morgan fingerprint density at radius 3 is 2.83 bits per heavy atom. The molecule has 0 spiro atoms. The van der Waals surface area contributed by atoms with Crippen LogP contribution >= 0.6 is 0 Å². The Balaban J connectivity index is 2.08. The SMILES string of the molecule is CC(C)NC(N)COc1ccnc2ccccc12. The van der Waals surface area contributed by atoms with Crippen molar-refractivity contribution >= 4 is 10.9 Å². The molecule has 0 amide bonds. The Morgan fingerprint density at radius 1 is 1.28 bits per heavy atom. The number of nitrogens with zero attached hydrogens (tertiary/aromatic N) is 1. The molecule has 1 unspecified atom stereocenters. The lowest BCUT2D eigenvalue weighted by molar-refractivity contribution is 0.262. The molecule has 3 N–H and O–H groups in total. The van der Waals surface area contributed by atoms with Crippen molar-refractivity contribution in [1.29, 1.82) is 0 Å². The quantitative estimate of drug-likeness (QED) is 0.790. The van der Waals surface area contributed by atoms with E-state index in [9.17, 15) is 0 Å². The van der Waals surface area contributed by atoms with E-state index in [2.05, 4.69) is 24.1 Å². The van der Waals surface area contributed by atoms with Crippen molar-refractivity contribution in [2.24, 2.45) is 5.73 Å². The maximum Gasteiger partial charge on any atom is 0.130 e. The fraction of sp³-hybridized carbons (Fsp3) is 0.357. The first kappa shape index (κ1) is 12.8. The van der Waals surface area contributed by atoms with Gasteiger partial charge in [-0.15, -0.1) is 0 Å². The lowest BCUT2D eigenvalue weighted by Crippen LogP contribution is -2.45. The van der Waals surface area contributed by atoms with Gasteiger partial charge in [0.25, 0.3) is 0 Å². The Kier molecular flexibility index (Phi) is 4.12. The van der Waals surface area contributed by atoms with Crippen LogP contribution in [0.3, 0.4) is 0 Å². The third kappa shape index (κ3) is 3.18. The van der Waals surface area contributed by atoms with Gasteiger partial charge in [-0.25, -0.2) is 0 Å². The van der Waals surface area contributed by atoms with Crippen LogP contribution in [0.25, 0.3) is 10.9 Å². The summed E-state index contributed by atoms with van der Waals surface area (Å²) in [5.41, 5.74) is 6.85. The van der Waals surface area contributed by atoms with Crippen LogP contribution in [0.5, 0.6) is 5.75 Å². The second-order valence-electron chi connectivity index (χ2n) is 4.57. The van der Waals surface area contributed by atoms with Crippen molar-refractivity contribution in [3.8, 4) is 5.75 Å². The number of aromatic nitrogens is 1. The number of pyridine rings is 1. The molecule has 0 radical (unpaired) electrons. The Bertz CT molecular complexity index is 508. The van der Waals surface area contributed by atoms with Crippen LogP contribution in [0.1, 0.15) is 13.8 Å². The molecular formula is C14H19N3O. The monoisotopic (exact) mass is 245 g/mol. The number of benzene rings is 1. The number of fused-ring (bicyclic) bond motifs is 1. The average Bonchev–Trinajstić information content (AvgIpc) is 2.35. The molecule has 0 saturated carbocycles. The van der Waals surface area contributed by atoms with Crippen molar-refractivity contribution in [1.82, 2.24) is 10.3 Å². The summed E-state index contributed by atoms with van der Waals surface area (Å²) in [7, 11) is 0. The van der Waals surface area contributed by atoms with E-state index in [1.165, 1.54) is 0 Å². The highest BCUT2D eigenvalue weighted by Gasteiger charge is 2.07. The molecule has 1 aromatic heterocycles. The molecular weight excluding hydrogens is 226 g/mol. The molecule has 1 heterocycles. The van der Waals surface area contributed by atoms with Gasteiger partial charge in [-0.1, -0.05) is 12.1 Å². The zero-order chi connectivity index (χ0) is 13.0. The molecule has 0 saturated heterocycles. The maximum atomic E-state index is 5.91. The van der Waals surface area contributed by atoms with Crippen LogP contribution in [-0.4, -0.2) is 23.8 Å². The number of nitrogens with two attached hydrogens (primary N) is 1. The van der Waals surface area contributed by atoms with E-state index in [0.29, 0.717) is 12.6 Å². The minimum Gasteiger partial charge on any atom is -0.490 e. The Labute approximate surface area is 107 Å². The smallest absolute Gasteiger partial charge is 0.130 e. The third-order valence-corrected chi connectivity index (χ3v) is 2.57. The van der Waals surface area contributed by atoms with E-state index >= 15 is 0 Å². The lowest BCUT2D eigenvalue weighted by atomic mass is 10.2. The van der Waals surface area contributed by atoms with Gasteiger partial charge < -0.3 is 10.5 Å². The van der Waals surface area contributed by atoms with Crippen LogP contribution in [0.4, 0.5) is 0 Å². The number of hydrogen-bond acceptors (Lipinski definition) is 4. The average molecular weight is 245 g/mol. The van der Waals surface area contributed by atoms with Gasteiger partial charge in [0.15, 0.2) is 0 Å². The van der Waals surface area contributed by atoms with E-state index in [0.717, 1.165) is 16.7 Å². The number of hydrogen-bond donors (Lipinski definition) is 2. The van der Waals surface area contributed by atoms with Gasteiger partial charge in [0.05, 0.1) is 11.7 Å². The van der Waals surface area contributed by atoms with Gasteiger partial charge in [-0.3, -0.25) is 10.3 Å². The summed E-state index contributed by atoms with van der Waals surface area (Å²) < 4.78 is 5.75. The molecule has 4 heteroatoms. The first-order chi connectivity index (χ1) is 8.66. The van der Waals surface area contributed by atoms with E-state index < -0.39 is 0 Å². The number of para-hydroxylation sites is 1. The summed E-state index contributed by atoms with van der Waals surface area (Å²) in [5, 5.41) is 4.21. The summed E-state index contributed by atoms with van der Waals surface area (Å²) in [5.74, 6) is 0.821. The summed E-state index contributed by atoms with van der Waals surface area (Å²) in [6, 6.07) is 10.1. The van der Waals surface area contributed by atoms with Crippen LogP contribution in [0, 0.1) is 0 Å². The highest BCUT2D eigenvalue weighted by atomic mass is 16.5. The van der Waals surface area contributed by atoms with E-state index in [4.69, 9.17) is 10.5 Å². The van der Waals surface area contributed by atoms with Crippen LogP contribution in [0.2, 0.25) is 0 Å². The molecule has 96 valence electrons. The minimum atomic E-state index is -0.170. The fourth-order valence-corrected chi connectivity index (χ4v) is 1.85. The summed E-state index contributed by atoms with van der Waals surface area (Å²) >= 11 is 0. The van der Waals surface area contributed by atoms with Crippen molar-refractivity contribution in [2.75, 3.05) is 6.61 Å². The first-order valence-electron chi connectivity index (χ1n) is 6.15. The number of rotatable bonds is 5. The first-order valence-corrected chi connectivity index (χ1v) is 6.15. The number of nitrogens with one attached hydrogen (secondary N) is 1. The predicted octanol–water partition coefficient (Wildman–Crippen LogP) is 1.90. The second kappa shape index (κ2) is 5.80. The summed E-state index contributed by atoms with van der Waals surface area (Å²) in [4.78, 5) is 4.29. The lowest BCUT2D eigenvalue weighted by Gasteiger charge is -2.17. The van der Waals surface area contributed by atoms with Gasteiger partial charge in [0.2, 0.25) is 0 Å². The van der Waals surface area contributed by atoms with Crippen molar-refractivity contribution in [3.63, 3.8) is 0 Å². The molecule has 0 aliphatic rings. The normalized spacial score (nSPS) is 12.9. The zero-order valence-corrected chi connectivity index (χ0v) is 10.8. The van der Waals surface area contributed by atoms with Crippen molar-refractivity contribution in [3.05, 3.63) is 36.5 Å². The van der Waals surface area contributed by atoms with Gasteiger partial charge in [-0.05, 0) is 32.0 Å². The molecule has 4 nitrogen and oxygen atoms in total. The van der Waals surface area contributed by atoms with Crippen LogP contribution < -0.4 is 15.8 Å². The van der Waals surface area contributed by atoms with E-state index in [1.54, 1.807) is 6.20 Å². The highest BCUT2D eigenvalue weighted by Crippen LogP contribution is 2.23. The largest absolute Gasteiger partial charge is 0.490 e. The van der Waals surface area contributed by atoms with Crippen molar-refractivity contribution < 1.29 is 4.74 Å².